The molecule has 0 aromatic rings. The predicted molar refractivity (Wildman–Crippen MR) is 82.1 cm³/mol. The van der Waals surface area contributed by atoms with Gasteiger partial charge in [-0.3, -0.25) is 4.79 Å². The lowest BCUT2D eigenvalue weighted by Gasteiger charge is -2.35. The largest absolute Gasteiger partial charge is 0.481 e. The Labute approximate surface area is 129 Å². The van der Waals surface area contributed by atoms with E-state index < -0.39 is 33.3 Å². The zero-order chi connectivity index (χ0) is 16.0. The van der Waals surface area contributed by atoms with Crippen LogP contribution in [-0.2, 0) is 14.6 Å². The SMILES string of the molecule is CCC(CC(=O)O)NC(=O)N1CCSCC1S(=O)(=O)CC. The Kier molecular flexibility index (Phi) is 6.79. The molecular weight excluding hydrogens is 316 g/mol. The molecule has 2 atom stereocenters. The van der Waals surface area contributed by atoms with Crippen molar-refractivity contribution in [3.05, 3.63) is 0 Å². The Hall–Kier alpha value is -0.960. The van der Waals surface area contributed by atoms with Crippen molar-refractivity contribution in [2.24, 2.45) is 0 Å². The van der Waals surface area contributed by atoms with E-state index in [1.165, 1.54) is 16.7 Å². The highest BCUT2D eigenvalue weighted by atomic mass is 32.2. The van der Waals surface area contributed by atoms with Gasteiger partial charge in [-0.1, -0.05) is 13.8 Å². The number of sulfone groups is 1. The first-order valence-corrected chi connectivity index (χ1v) is 9.77. The van der Waals surface area contributed by atoms with Gasteiger partial charge in [-0.2, -0.15) is 11.8 Å². The van der Waals surface area contributed by atoms with Gasteiger partial charge in [-0.15, -0.1) is 0 Å². The van der Waals surface area contributed by atoms with E-state index in [2.05, 4.69) is 5.32 Å². The molecule has 9 heteroatoms. The summed E-state index contributed by atoms with van der Waals surface area (Å²) in [5.74, 6) is 0.0288. The number of amides is 2. The van der Waals surface area contributed by atoms with Gasteiger partial charge in [0.05, 0.1) is 6.42 Å². The van der Waals surface area contributed by atoms with E-state index in [1.807, 2.05) is 0 Å². The molecule has 1 fully saturated rings. The summed E-state index contributed by atoms with van der Waals surface area (Å²) in [6.07, 6.45) is 0.307. The van der Waals surface area contributed by atoms with Crippen LogP contribution in [0.3, 0.4) is 0 Å². The number of rotatable bonds is 6. The first kappa shape index (κ1) is 18.1. The number of carbonyl (C=O) groups excluding carboxylic acids is 1. The predicted octanol–water partition coefficient (Wildman–Crippen LogP) is 0.759. The number of carboxylic acids is 1. The lowest BCUT2D eigenvalue weighted by Crippen LogP contribution is -2.55. The van der Waals surface area contributed by atoms with Crippen LogP contribution >= 0.6 is 11.8 Å². The van der Waals surface area contributed by atoms with E-state index in [0.717, 1.165) is 0 Å². The number of nitrogens with one attached hydrogen (secondary N) is 1. The fourth-order valence-electron chi connectivity index (χ4n) is 2.07. The minimum absolute atomic E-state index is 0.0195. The van der Waals surface area contributed by atoms with Gasteiger partial charge in [0.1, 0.15) is 5.37 Å². The van der Waals surface area contributed by atoms with Crippen LogP contribution in [0, 0.1) is 0 Å². The summed E-state index contributed by atoms with van der Waals surface area (Å²) in [5.41, 5.74) is 0. The van der Waals surface area contributed by atoms with Crippen LogP contribution in [0.4, 0.5) is 4.79 Å². The smallest absolute Gasteiger partial charge is 0.318 e. The average molecular weight is 338 g/mol. The normalized spacial score (nSPS) is 20.9. The van der Waals surface area contributed by atoms with Gasteiger partial charge in [0.2, 0.25) is 0 Å². The fraction of sp³-hybridized carbons (Fsp3) is 0.833. The number of hydrogen-bond acceptors (Lipinski definition) is 5. The third kappa shape index (κ3) is 5.06. The summed E-state index contributed by atoms with van der Waals surface area (Å²) in [7, 11) is -3.35. The molecule has 122 valence electrons. The Balaban J connectivity index is 2.80. The second-order valence-electron chi connectivity index (χ2n) is 4.83. The molecule has 0 radical (unpaired) electrons. The monoisotopic (exact) mass is 338 g/mol. The molecule has 2 amide bonds. The molecular formula is C12H22N2O5S2. The van der Waals surface area contributed by atoms with Gasteiger partial charge in [-0.05, 0) is 6.42 Å². The van der Waals surface area contributed by atoms with E-state index in [4.69, 9.17) is 5.11 Å². The number of hydrogen-bond donors (Lipinski definition) is 2. The summed E-state index contributed by atoms with van der Waals surface area (Å²) in [5, 5.41) is 10.6. The number of nitrogens with zero attached hydrogens (tertiary/aromatic N) is 1. The van der Waals surface area contributed by atoms with Crippen LogP contribution in [0.5, 0.6) is 0 Å². The van der Waals surface area contributed by atoms with Crippen molar-refractivity contribution in [3.8, 4) is 0 Å². The first-order chi connectivity index (χ1) is 9.81. The molecule has 0 aliphatic carbocycles. The molecule has 1 saturated heterocycles. The standard InChI is InChI=1S/C12H22N2O5S2/c1-3-9(7-11(15)16)13-12(17)14-5-6-20-8-10(14)21(18,19)4-2/h9-10H,3-8H2,1-2H3,(H,13,17)(H,15,16). The highest BCUT2D eigenvalue weighted by Gasteiger charge is 2.36. The van der Waals surface area contributed by atoms with Crippen molar-refractivity contribution in [1.29, 1.82) is 0 Å². The third-order valence-corrected chi connectivity index (χ3v) is 6.69. The molecule has 7 nitrogen and oxygen atoms in total. The van der Waals surface area contributed by atoms with Crippen molar-refractivity contribution in [3.63, 3.8) is 0 Å². The summed E-state index contributed by atoms with van der Waals surface area (Å²) in [6, 6.07) is -0.986. The van der Waals surface area contributed by atoms with Crippen molar-refractivity contribution < 1.29 is 23.1 Å². The Bertz CT molecular complexity index is 480. The van der Waals surface area contributed by atoms with Crippen LogP contribution in [0.15, 0.2) is 0 Å². The minimum atomic E-state index is -3.35. The maximum absolute atomic E-state index is 12.3. The minimum Gasteiger partial charge on any atom is -0.481 e. The van der Waals surface area contributed by atoms with Crippen molar-refractivity contribution in [1.82, 2.24) is 10.2 Å². The van der Waals surface area contributed by atoms with Gasteiger partial charge in [0, 0.05) is 29.8 Å². The fourth-order valence-corrected chi connectivity index (χ4v) is 5.03. The second kappa shape index (κ2) is 7.88. The number of aliphatic carboxylic acids is 1. The first-order valence-electron chi connectivity index (χ1n) is 6.90. The third-order valence-electron chi connectivity index (χ3n) is 3.40. The molecule has 1 aliphatic rings. The lowest BCUT2D eigenvalue weighted by molar-refractivity contribution is -0.137. The van der Waals surface area contributed by atoms with E-state index in [1.54, 1.807) is 13.8 Å². The van der Waals surface area contributed by atoms with Gasteiger partial charge < -0.3 is 15.3 Å². The molecule has 2 unspecified atom stereocenters. The number of carboxylic acid groups (broad SMARTS) is 1. The number of thioether (sulfide) groups is 1. The molecule has 0 bridgehead atoms. The number of urea groups is 1. The molecule has 0 spiro atoms. The maximum Gasteiger partial charge on any atom is 0.318 e. The van der Waals surface area contributed by atoms with Crippen LogP contribution in [0.2, 0.25) is 0 Å². The number of carbonyl (C=O) groups is 2. The van der Waals surface area contributed by atoms with Crippen LogP contribution in [0.1, 0.15) is 26.7 Å². The topological polar surface area (TPSA) is 104 Å². The lowest BCUT2D eigenvalue weighted by atomic mass is 10.1. The molecule has 1 rings (SSSR count). The Morgan fingerprint density at radius 1 is 1.43 bits per heavy atom. The Morgan fingerprint density at radius 3 is 2.62 bits per heavy atom. The summed E-state index contributed by atoms with van der Waals surface area (Å²) >= 11 is 1.51. The van der Waals surface area contributed by atoms with Crippen LogP contribution in [-0.4, -0.2) is 65.6 Å². The highest BCUT2D eigenvalue weighted by molar-refractivity contribution is 8.01. The van der Waals surface area contributed by atoms with Gasteiger partial charge in [0.15, 0.2) is 9.84 Å². The van der Waals surface area contributed by atoms with Crippen molar-refractivity contribution >= 4 is 33.6 Å². The summed E-state index contributed by atoms with van der Waals surface area (Å²) in [4.78, 5) is 24.3. The van der Waals surface area contributed by atoms with Gasteiger partial charge in [-0.25, -0.2) is 13.2 Å². The van der Waals surface area contributed by atoms with Gasteiger partial charge >= 0.3 is 12.0 Å². The molecule has 0 aromatic heterocycles. The van der Waals surface area contributed by atoms with Gasteiger partial charge in [0.25, 0.3) is 0 Å². The van der Waals surface area contributed by atoms with Crippen molar-refractivity contribution in [2.45, 2.75) is 38.1 Å². The molecule has 1 heterocycles. The van der Waals surface area contributed by atoms with E-state index in [0.29, 0.717) is 24.5 Å². The summed E-state index contributed by atoms with van der Waals surface area (Å²) in [6.45, 7) is 3.69. The van der Waals surface area contributed by atoms with Crippen LogP contribution < -0.4 is 5.32 Å². The second-order valence-corrected chi connectivity index (χ2v) is 8.42. The van der Waals surface area contributed by atoms with Crippen molar-refractivity contribution in [2.75, 3.05) is 23.8 Å². The summed E-state index contributed by atoms with van der Waals surface area (Å²) < 4.78 is 24.1. The van der Waals surface area contributed by atoms with Crippen LogP contribution in [0.25, 0.3) is 0 Å². The molecule has 0 aromatic carbocycles. The molecule has 1 aliphatic heterocycles. The highest BCUT2D eigenvalue weighted by Crippen LogP contribution is 2.21. The zero-order valence-corrected chi connectivity index (χ0v) is 13.9. The quantitative estimate of drug-likeness (QED) is 0.741. The Morgan fingerprint density at radius 2 is 2.10 bits per heavy atom. The van der Waals surface area contributed by atoms with E-state index in [9.17, 15) is 18.0 Å². The molecule has 2 N–H and O–H groups in total. The van der Waals surface area contributed by atoms with E-state index >= 15 is 0 Å². The maximum atomic E-state index is 12.3. The molecule has 21 heavy (non-hydrogen) atoms. The molecule has 0 saturated carbocycles. The van der Waals surface area contributed by atoms with E-state index in [-0.39, 0.29) is 12.2 Å². The zero-order valence-electron chi connectivity index (χ0n) is 12.2. The average Bonchev–Trinajstić information content (AvgIpc) is 2.45.